The molecule has 0 saturated heterocycles. The number of nitrogens with zero attached hydrogens (tertiary/aromatic N) is 3. The zero-order valence-electron chi connectivity index (χ0n) is 9.02. The van der Waals surface area contributed by atoms with Gasteiger partial charge in [-0.15, -0.1) is 5.10 Å². The highest BCUT2D eigenvalue weighted by atomic mass is 16.4. The van der Waals surface area contributed by atoms with Crippen molar-refractivity contribution >= 4 is 11.9 Å². The van der Waals surface area contributed by atoms with Gasteiger partial charge in [0.15, 0.2) is 0 Å². The smallest absolute Gasteiger partial charge is 0.315 e. The zero-order valence-corrected chi connectivity index (χ0v) is 9.02. The Hall–Kier alpha value is -1.63. The summed E-state index contributed by atoms with van der Waals surface area (Å²) >= 11 is 0. The van der Waals surface area contributed by atoms with E-state index in [1.807, 2.05) is 0 Å². The first-order chi connectivity index (χ1) is 7.00. The number of hydrogen-bond donors (Lipinski definition) is 2. The molecule has 0 spiro atoms. The molecule has 0 aliphatic carbocycles. The first-order valence-electron chi connectivity index (χ1n) is 4.53. The summed E-state index contributed by atoms with van der Waals surface area (Å²) in [6.45, 7) is 1.86. The van der Waals surface area contributed by atoms with Crippen LogP contribution < -0.4 is 11.1 Å². The van der Waals surface area contributed by atoms with E-state index in [4.69, 9.17) is 10.2 Å². The van der Waals surface area contributed by atoms with Crippen LogP contribution in [0.3, 0.4) is 0 Å². The van der Waals surface area contributed by atoms with Crippen molar-refractivity contribution in [2.45, 2.75) is 13.0 Å². The number of hydrogen-bond acceptors (Lipinski definition) is 6. The second-order valence-corrected chi connectivity index (χ2v) is 3.38. The minimum atomic E-state index is -0.308. The lowest BCUT2D eigenvalue weighted by Crippen LogP contribution is -2.28. The SMILES string of the molecule is CC(N)c1nnc(NCC(=O)N(C)C)o1. The summed E-state index contributed by atoms with van der Waals surface area (Å²) in [7, 11) is 3.34. The minimum absolute atomic E-state index is 0.0736. The summed E-state index contributed by atoms with van der Waals surface area (Å²) < 4.78 is 5.15. The molecule has 0 aliphatic rings. The molecule has 7 heteroatoms. The summed E-state index contributed by atoms with van der Waals surface area (Å²) in [6.07, 6.45) is 0. The Morgan fingerprint density at radius 3 is 2.73 bits per heavy atom. The predicted octanol–water partition coefficient (Wildman–Crippen LogP) is -0.411. The Bertz CT molecular complexity index is 334. The molecule has 0 bridgehead atoms. The van der Waals surface area contributed by atoms with E-state index in [0.717, 1.165) is 0 Å². The van der Waals surface area contributed by atoms with Crippen LogP contribution in [-0.2, 0) is 4.79 Å². The topological polar surface area (TPSA) is 97.3 Å². The number of carbonyl (C=O) groups is 1. The van der Waals surface area contributed by atoms with E-state index in [1.54, 1.807) is 21.0 Å². The van der Waals surface area contributed by atoms with E-state index < -0.39 is 0 Å². The van der Waals surface area contributed by atoms with E-state index in [-0.39, 0.29) is 24.5 Å². The first-order valence-corrected chi connectivity index (χ1v) is 4.53. The van der Waals surface area contributed by atoms with Gasteiger partial charge in [-0.1, -0.05) is 5.10 Å². The van der Waals surface area contributed by atoms with Gasteiger partial charge in [-0.2, -0.15) is 0 Å². The van der Waals surface area contributed by atoms with E-state index in [2.05, 4.69) is 15.5 Å². The molecular formula is C8H15N5O2. The van der Waals surface area contributed by atoms with Crippen molar-refractivity contribution in [1.82, 2.24) is 15.1 Å². The molecule has 1 aromatic rings. The van der Waals surface area contributed by atoms with Crippen molar-refractivity contribution < 1.29 is 9.21 Å². The van der Waals surface area contributed by atoms with Crippen LogP contribution in [0.1, 0.15) is 18.9 Å². The van der Waals surface area contributed by atoms with Crippen LogP contribution in [0.4, 0.5) is 6.01 Å². The summed E-state index contributed by atoms with van der Waals surface area (Å²) in [4.78, 5) is 12.7. The summed E-state index contributed by atoms with van der Waals surface area (Å²) in [5.41, 5.74) is 5.53. The summed E-state index contributed by atoms with van der Waals surface area (Å²) in [5, 5.41) is 10.1. The van der Waals surface area contributed by atoms with Crippen LogP contribution in [0.5, 0.6) is 0 Å². The van der Waals surface area contributed by atoms with Gasteiger partial charge >= 0.3 is 6.01 Å². The molecule has 15 heavy (non-hydrogen) atoms. The number of amides is 1. The number of carbonyl (C=O) groups excluding carboxylic acids is 1. The monoisotopic (exact) mass is 213 g/mol. The van der Waals surface area contributed by atoms with Crippen LogP contribution in [0, 0.1) is 0 Å². The van der Waals surface area contributed by atoms with Crippen LogP contribution in [0.2, 0.25) is 0 Å². The van der Waals surface area contributed by atoms with Crippen molar-refractivity contribution in [1.29, 1.82) is 0 Å². The maximum atomic E-state index is 11.2. The number of aromatic nitrogens is 2. The molecule has 0 fully saturated rings. The Balaban J connectivity index is 2.48. The molecule has 0 saturated carbocycles. The van der Waals surface area contributed by atoms with Crippen LogP contribution >= 0.6 is 0 Å². The number of rotatable bonds is 4. The predicted molar refractivity (Wildman–Crippen MR) is 54.1 cm³/mol. The standard InChI is InChI=1S/C8H15N5O2/c1-5(9)7-11-12-8(15-7)10-4-6(14)13(2)3/h5H,4,9H2,1-3H3,(H,10,12). The second-order valence-electron chi connectivity index (χ2n) is 3.38. The Kier molecular flexibility index (Phi) is 3.62. The molecule has 0 aliphatic heterocycles. The highest BCUT2D eigenvalue weighted by Crippen LogP contribution is 2.10. The van der Waals surface area contributed by atoms with Gasteiger partial charge in [0, 0.05) is 14.1 Å². The number of nitrogens with one attached hydrogen (secondary N) is 1. The largest absolute Gasteiger partial charge is 0.406 e. The van der Waals surface area contributed by atoms with E-state index in [1.165, 1.54) is 4.90 Å². The van der Waals surface area contributed by atoms with Gasteiger partial charge in [0.05, 0.1) is 12.6 Å². The Morgan fingerprint density at radius 1 is 1.60 bits per heavy atom. The average Bonchev–Trinajstić information content (AvgIpc) is 2.62. The lowest BCUT2D eigenvalue weighted by molar-refractivity contribution is -0.126. The van der Waals surface area contributed by atoms with Gasteiger partial charge in [0.1, 0.15) is 0 Å². The van der Waals surface area contributed by atoms with Gasteiger partial charge in [0.2, 0.25) is 11.8 Å². The highest BCUT2D eigenvalue weighted by Gasteiger charge is 2.10. The summed E-state index contributed by atoms with van der Waals surface area (Å²) in [5.74, 6) is 0.269. The van der Waals surface area contributed by atoms with Gasteiger partial charge in [-0.3, -0.25) is 4.79 Å². The maximum absolute atomic E-state index is 11.2. The fourth-order valence-corrected chi connectivity index (χ4v) is 0.799. The molecule has 84 valence electrons. The molecule has 7 nitrogen and oxygen atoms in total. The molecule has 1 heterocycles. The van der Waals surface area contributed by atoms with Crippen molar-refractivity contribution in [3.63, 3.8) is 0 Å². The third kappa shape index (κ3) is 3.21. The van der Waals surface area contributed by atoms with Crippen LogP contribution in [0.25, 0.3) is 0 Å². The molecule has 3 N–H and O–H groups in total. The third-order valence-electron chi connectivity index (χ3n) is 1.72. The van der Waals surface area contributed by atoms with E-state index >= 15 is 0 Å². The molecule has 0 radical (unpaired) electrons. The highest BCUT2D eigenvalue weighted by molar-refractivity contribution is 5.79. The summed E-state index contributed by atoms with van der Waals surface area (Å²) in [6, 6.07) is -0.102. The average molecular weight is 213 g/mol. The lowest BCUT2D eigenvalue weighted by Gasteiger charge is -2.09. The fourth-order valence-electron chi connectivity index (χ4n) is 0.799. The first kappa shape index (κ1) is 11.4. The van der Waals surface area contributed by atoms with Gasteiger partial charge in [-0.25, -0.2) is 0 Å². The van der Waals surface area contributed by atoms with Crippen LogP contribution in [0.15, 0.2) is 4.42 Å². The molecule has 1 unspecified atom stereocenters. The Labute approximate surface area is 87.6 Å². The number of likely N-dealkylation sites (N-methyl/N-ethyl adjacent to an activating group) is 1. The Morgan fingerprint density at radius 2 is 2.27 bits per heavy atom. The molecular weight excluding hydrogens is 198 g/mol. The molecule has 1 aromatic heterocycles. The van der Waals surface area contributed by atoms with Crippen molar-refractivity contribution in [3.05, 3.63) is 5.89 Å². The third-order valence-corrected chi connectivity index (χ3v) is 1.72. The zero-order chi connectivity index (χ0) is 11.4. The van der Waals surface area contributed by atoms with Crippen molar-refractivity contribution in [2.75, 3.05) is 26.0 Å². The van der Waals surface area contributed by atoms with E-state index in [9.17, 15) is 4.79 Å². The van der Waals surface area contributed by atoms with E-state index in [0.29, 0.717) is 5.89 Å². The van der Waals surface area contributed by atoms with Crippen molar-refractivity contribution in [2.24, 2.45) is 5.73 Å². The minimum Gasteiger partial charge on any atom is -0.406 e. The quantitative estimate of drug-likeness (QED) is 0.705. The number of anilines is 1. The van der Waals surface area contributed by atoms with Gasteiger partial charge in [-0.05, 0) is 6.92 Å². The lowest BCUT2D eigenvalue weighted by atomic mass is 10.4. The molecule has 1 rings (SSSR count). The second kappa shape index (κ2) is 4.74. The van der Waals surface area contributed by atoms with Gasteiger partial charge in [0.25, 0.3) is 0 Å². The molecule has 1 atom stereocenters. The maximum Gasteiger partial charge on any atom is 0.315 e. The molecule has 0 aromatic carbocycles. The normalized spacial score (nSPS) is 12.3. The number of nitrogens with two attached hydrogens (primary N) is 1. The molecule has 1 amide bonds. The fraction of sp³-hybridized carbons (Fsp3) is 0.625. The van der Waals surface area contributed by atoms with Crippen LogP contribution in [-0.4, -0.2) is 41.6 Å². The van der Waals surface area contributed by atoms with Gasteiger partial charge < -0.3 is 20.4 Å². The van der Waals surface area contributed by atoms with Crippen molar-refractivity contribution in [3.8, 4) is 0 Å².